The number of rotatable bonds is 5. The van der Waals surface area contributed by atoms with Gasteiger partial charge in [0.05, 0.1) is 5.56 Å². The molecule has 1 aliphatic heterocycles. The van der Waals surface area contributed by atoms with Crippen LogP contribution in [-0.2, 0) is 14.4 Å². The Labute approximate surface area is 120 Å². The lowest BCUT2D eigenvalue weighted by Gasteiger charge is -2.12. The SMILES string of the molecule is CC=CNNc1ccc(C(=O)ON2C(=O)CCC2=O)cn1. The molecule has 2 heterocycles. The van der Waals surface area contributed by atoms with Gasteiger partial charge in [-0.15, -0.1) is 5.06 Å². The number of carbonyl (C=O) groups excluding carboxylic acids is 3. The molecule has 0 aliphatic carbocycles. The van der Waals surface area contributed by atoms with Crippen molar-refractivity contribution in [3.05, 3.63) is 36.2 Å². The van der Waals surface area contributed by atoms with Crippen LogP contribution in [-0.4, -0.2) is 27.8 Å². The van der Waals surface area contributed by atoms with E-state index in [1.807, 2.05) is 6.92 Å². The van der Waals surface area contributed by atoms with Gasteiger partial charge in [-0.2, -0.15) is 0 Å². The van der Waals surface area contributed by atoms with Crippen LogP contribution in [0.15, 0.2) is 30.6 Å². The smallest absolute Gasteiger partial charge is 0.325 e. The lowest BCUT2D eigenvalue weighted by molar-refractivity contribution is -0.172. The van der Waals surface area contributed by atoms with E-state index in [1.165, 1.54) is 12.3 Å². The number of anilines is 1. The summed E-state index contributed by atoms with van der Waals surface area (Å²) in [6, 6.07) is 3.03. The first kappa shape index (κ1) is 14.5. The van der Waals surface area contributed by atoms with Crippen molar-refractivity contribution in [2.45, 2.75) is 19.8 Å². The number of imide groups is 1. The molecule has 1 aromatic heterocycles. The largest absolute Gasteiger partial charge is 0.365 e. The van der Waals surface area contributed by atoms with E-state index in [0.717, 1.165) is 0 Å². The summed E-state index contributed by atoms with van der Waals surface area (Å²) in [5.41, 5.74) is 5.68. The monoisotopic (exact) mass is 290 g/mol. The Morgan fingerprint density at radius 1 is 1.33 bits per heavy atom. The van der Waals surface area contributed by atoms with Crippen LogP contribution in [0, 0.1) is 0 Å². The van der Waals surface area contributed by atoms with Crippen molar-refractivity contribution in [1.29, 1.82) is 0 Å². The second-order valence-corrected chi connectivity index (χ2v) is 4.16. The van der Waals surface area contributed by atoms with Crippen molar-refractivity contribution in [2.75, 3.05) is 5.43 Å². The molecule has 0 atom stereocenters. The fourth-order valence-corrected chi connectivity index (χ4v) is 1.58. The maximum atomic E-state index is 11.8. The van der Waals surface area contributed by atoms with E-state index in [-0.39, 0.29) is 18.4 Å². The van der Waals surface area contributed by atoms with Gasteiger partial charge in [0.1, 0.15) is 5.82 Å². The van der Waals surface area contributed by atoms with Gasteiger partial charge in [0.25, 0.3) is 11.8 Å². The van der Waals surface area contributed by atoms with Crippen LogP contribution in [0.4, 0.5) is 5.82 Å². The summed E-state index contributed by atoms with van der Waals surface area (Å²) in [5.74, 6) is -1.35. The van der Waals surface area contributed by atoms with Gasteiger partial charge in [0.15, 0.2) is 0 Å². The number of pyridine rings is 1. The summed E-state index contributed by atoms with van der Waals surface area (Å²) in [5, 5.41) is 0.502. The van der Waals surface area contributed by atoms with Crippen molar-refractivity contribution in [2.24, 2.45) is 0 Å². The fourth-order valence-electron chi connectivity index (χ4n) is 1.58. The van der Waals surface area contributed by atoms with E-state index in [2.05, 4.69) is 15.8 Å². The van der Waals surface area contributed by atoms with Gasteiger partial charge in [-0.25, -0.2) is 9.78 Å². The second-order valence-electron chi connectivity index (χ2n) is 4.16. The van der Waals surface area contributed by atoms with Crippen LogP contribution >= 0.6 is 0 Å². The summed E-state index contributed by atoms with van der Waals surface area (Å²) >= 11 is 0. The molecule has 2 rings (SSSR count). The Hall–Kier alpha value is -2.90. The molecule has 0 unspecified atom stereocenters. The highest BCUT2D eigenvalue weighted by Crippen LogP contribution is 2.14. The average molecular weight is 290 g/mol. The number of carbonyl (C=O) groups is 3. The minimum atomic E-state index is -0.806. The Kier molecular flexibility index (Phi) is 4.50. The quantitative estimate of drug-likeness (QED) is 0.609. The van der Waals surface area contributed by atoms with Crippen LogP contribution in [0.25, 0.3) is 0 Å². The van der Waals surface area contributed by atoms with Gasteiger partial charge in [-0.1, -0.05) is 6.08 Å². The van der Waals surface area contributed by atoms with E-state index in [1.54, 1.807) is 18.3 Å². The molecule has 0 bridgehead atoms. The highest BCUT2D eigenvalue weighted by Gasteiger charge is 2.33. The standard InChI is InChI=1S/C13H14N4O4/c1-2-7-15-16-10-4-3-9(8-14-10)13(20)21-17-11(18)5-6-12(17)19/h2-4,7-8,15H,5-6H2,1H3,(H,14,16). The number of allylic oxidation sites excluding steroid dienone is 1. The normalized spacial score (nSPS) is 14.6. The number of nitrogens with zero attached hydrogens (tertiary/aromatic N) is 2. The Morgan fingerprint density at radius 2 is 2.05 bits per heavy atom. The molecular formula is C13H14N4O4. The number of amides is 2. The summed E-state index contributed by atoms with van der Waals surface area (Å²) < 4.78 is 0. The molecule has 0 aromatic carbocycles. The van der Waals surface area contributed by atoms with Gasteiger partial charge in [-0.3, -0.25) is 15.0 Å². The van der Waals surface area contributed by atoms with Gasteiger partial charge >= 0.3 is 5.97 Å². The maximum Gasteiger partial charge on any atom is 0.365 e. The zero-order chi connectivity index (χ0) is 15.2. The zero-order valence-electron chi connectivity index (χ0n) is 11.3. The summed E-state index contributed by atoms with van der Waals surface area (Å²) in [7, 11) is 0. The van der Waals surface area contributed by atoms with Crippen molar-refractivity contribution in [1.82, 2.24) is 15.5 Å². The van der Waals surface area contributed by atoms with Crippen molar-refractivity contribution in [3.8, 4) is 0 Å². The highest BCUT2D eigenvalue weighted by molar-refractivity contribution is 6.02. The van der Waals surface area contributed by atoms with Gasteiger partial charge < -0.3 is 10.3 Å². The van der Waals surface area contributed by atoms with E-state index >= 15 is 0 Å². The Balaban J connectivity index is 1.96. The van der Waals surface area contributed by atoms with Gasteiger partial charge in [-0.05, 0) is 19.1 Å². The zero-order valence-corrected chi connectivity index (χ0v) is 11.3. The molecule has 1 aliphatic rings. The number of hydrogen-bond acceptors (Lipinski definition) is 7. The van der Waals surface area contributed by atoms with Crippen molar-refractivity contribution in [3.63, 3.8) is 0 Å². The van der Waals surface area contributed by atoms with E-state index < -0.39 is 17.8 Å². The van der Waals surface area contributed by atoms with Crippen LogP contribution in [0.2, 0.25) is 0 Å². The minimum absolute atomic E-state index is 0.0594. The molecule has 0 spiro atoms. The summed E-state index contributed by atoms with van der Waals surface area (Å²) in [4.78, 5) is 43.2. The topological polar surface area (TPSA) is 101 Å². The van der Waals surface area contributed by atoms with Crippen LogP contribution in [0.3, 0.4) is 0 Å². The maximum absolute atomic E-state index is 11.8. The van der Waals surface area contributed by atoms with Gasteiger partial charge in [0.2, 0.25) is 0 Å². The van der Waals surface area contributed by atoms with Crippen LogP contribution in [0.5, 0.6) is 0 Å². The molecule has 0 saturated carbocycles. The third-order valence-electron chi connectivity index (χ3n) is 2.63. The van der Waals surface area contributed by atoms with Crippen LogP contribution < -0.4 is 10.9 Å². The predicted octanol–water partition coefficient (Wildman–Crippen LogP) is 0.752. The third-order valence-corrected chi connectivity index (χ3v) is 2.63. The fraction of sp³-hybridized carbons (Fsp3) is 0.231. The molecule has 8 heteroatoms. The summed E-state index contributed by atoms with van der Waals surface area (Å²) in [6.45, 7) is 1.85. The molecule has 1 fully saturated rings. The first-order valence-corrected chi connectivity index (χ1v) is 6.28. The molecular weight excluding hydrogens is 276 g/mol. The first-order valence-electron chi connectivity index (χ1n) is 6.28. The molecule has 0 radical (unpaired) electrons. The van der Waals surface area contributed by atoms with E-state index in [0.29, 0.717) is 10.9 Å². The lowest BCUT2D eigenvalue weighted by Crippen LogP contribution is -2.32. The van der Waals surface area contributed by atoms with Crippen LogP contribution in [0.1, 0.15) is 30.1 Å². The lowest BCUT2D eigenvalue weighted by atomic mass is 10.3. The second kappa shape index (κ2) is 6.51. The first-order chi connectivity index (χ1) is 10.1. The minimum Gasteiger partial charge on any atom is -0.325 e. The van der Waals surface area contributed by atoms with Crippen molar-refractivity contribution >= 4 is 23.6 Å². The summed E-state index contributed by atoms with van der Waals surface area (Å²) in [6.07, 6.45) is 4.87. The number of hydrogen-bond donors (Lipinski definition) is 2. The number of hydrazine groups is 1. The molecule has 21 heavy (non-hydrogen) atoms. The molecule has 2 N–H and O–H groups in total. The number of nitrogens with one attached hydrogen (secondary N) is 2. The number of hydroxylamine groups is 2. The Morgan fingerprint density at radius 3 is 2.62 bits per heavy atom. The number of aromatic nitrogens is 1. The van der Waals surface area contributed by atoms with Crippen molar-refractivity contribution < 1.29 is 19.2 Å². The average Bonchev–Trinajstić information content (AvgIpc) is 2.80. The van der Waals surface area contributed by atoms with Gasteiger partial charge in [0, 0.05) is 25.2 Å². The Bertz CT molecular complexity index is 566. The molecule has 110 valence electrons. The molecule has 8 nitrogen and oxygen atoms in total. The molecule has 1 saturated heterocycles. The highest BCUT2D eigenvalue weighted by atomic mass is 16.7. The molecule has 2 amide bonds. The van der Waals surface area contributed by atoms with E-state index in [4.69, 9.17) is 4.84 Å². The third kappa shape index (κ3) is 3.56. The predicted molar refractivity (Wildman–Crippen MR) is 72.3 cm³/mol. The molecule has 1 aromatic rings. The van der Waals surface area contributed by atoms with E-state index in [9.17, 15) is 14.4 Å².